The maximum Gasteiger partial charge on any atom is 0.231 e. The quantitative estimate of drug-likeness (QED) is 0.756. The van der Waals surface area contributed by atoms with Crippen molar-refractivity contribution >= 4 is 23.2 Å². The average Bonchev–Trinajstić information content (AvgIpc) is 2.76. The molecule has 2 aliphatic carbocycles. The fraction of sp³-hybridized carbons (Fsp3) is 0.562. The van der Waals surface area contributed by atoms with Crippen LogP contribution in [-0.4, -0.2) is 13.0 Å². The van der Waals surface area contributed by atoms with E-state index in [9.17, 15) is 4.79 Å². The first kappa shape index (κ1) is 11.8. The summed E-state index contributed by atoms with van der Waals surface area (Å²) < 4.78 is 0. The van der Waals surface area contributed by atoms with Crippen molar-refractivity contribution in [2.24, 2.45) is 17.8 Å². The lowest BCUT2D eigenvalue weighted by molar-refractivity contribution is -0.117. The van der Waals surface area contributed by atoms with Crippen molar-refractivity contribution in [1.29, 1.82) is 0 Å². The van der Waals surface area contributed by atoms with Crippen LogP contribution in [0.1, 0.15) is 35.8 Å². The van der Waals surface area contributed by atoms with Crippen LogP contribution in [0.3, 0.4) is 0 Å². The fourth-order valence-electron chi connectivity index (χ4n) is 4.19. The first-order valence-corrected chi connectivity index (χ1v) is 7.64. The summed E-state index contributed by atoms with van der Waals surface area (Å²) >= 11 is 6.68. The van der Waals surface area contributed by atoms with Crippen LogP contribution >= 0.6 is 11.6 Å². The zero-order valence-electron chi connectivity index (χ0n) is 11.1. The molecule has 2 nitrogen and oxygen atoms in total. The van der Waals surface area contributed by atoms with E-state index in [2.05, 4.69) is 18.2 Å². The highest BCUT2D eigenvalue weighted by Crippen LogP contribution is 2.63. The molecule has 3 heteroatoms. The Morgan fingerprint density at radius 2 is 2.05 bits per heavy atom. The third-order valence-electron chi connectivity index (χ3n) is 5.31. The van der Waals surface area contributed by atoms with Crippen LogP contribution in [0.15, 0.2) is 18.2 Å². The molecule has 0 aromatic heterocycles. The Hall–Kier alpha value is -1.02. The highest BCUT2D eigenvalue weighted by molar-refractivity contribution is 6.21. The van der Waals surface area contributed by atoms with E-state index in [0.29, 0.717) is 12.3 Å². The summed E-state index contributed by atoms with van der Waals surface area (Å²) in [5.74, 6) is 2.62. The molecule has 3 aliphatic rings. The van der Waals surface area contributed by atoms with Gasteiger partial charge < -0.3 is 4.90 Å². The molecule has 1 aromatic carbocycles. The molecule has 0 N–H and O–H groups in total. The van der Waals surface area contributed by atoms with Crippen LogP contribution < -0.4 is 4.90 Å². The molecular weight excluding hydrogens is 258 g/mol. The summed E-state index contributed by atoms with van der Waals surface area (Å²) in [6.45, 7) is 0. The standard InChI is InChI=1S/C16H18ClNO/c1-18-13-6-5-9(7-10(13)8-14(18)19)16(17)15-11-3-2-4-12(11)15/h5-7,11-12,15-16H,2-4,8H2,1H3. The molecule has 1 heterocycles. The average molecular weight is 276 g/mol. The number of carbonyl (C=O) groups excluding carboxylic acids is 1. The smallest absolute Gasteiger partial charge is 0.231 e. The predicted octanol–water partition coefficient (Wildman–Crippen LogP) is 3.53. The minimum atomic E-state index is 0.140. The molecule has 2 fully saturated rings. The minimum Gasteiger partial charge on any atom is -0.315 e. The molecule has 0 spiro atoms. The second kappa shape index (κ2) is 3.99. The fourth-order valence-corrected chi connectivity index (χ4v) is 4.70. The Morgan fingerprint density at radius 3 is 2.79 bits per heavy atom. The number of likely N-dealkylation sites (N-methyl/N-ethyl adjacent to an activating group) is 1. The van der Waals surface area contributed by atoms with Crippen LogP contribution in [0.2, 0.25) is 0 Å². The minimum absolute atomic E-state index is 0.140. The monoisotopic (exact) mass is 275 g/mol. The number of carbonyl (C=O) groups is 1. The number of benzene rings is 1. The number of anilines is 1. The topological polar surface area (TPSA) is 20.3 Å². The summed E-state index contributed by atoms with van der Waals surface area (Å²) in [5, 5.41) is 0.140. The molecule has 3 atom stereocenters. The summed E-state index contributed by atoms with van der Waals surface area (Å²) in [6.07, 6.45) is 4.65. The van der Waals surface area contributed by atoms with E-state index < -0.39 is 0 Å². The zero-order chi connectivity index (χ0) is 13.1. The first-order valence-electron chi connectivity index (χ1n) is 7.20. The van der Waals surface area contributed by atoms with Crippen molar-refractivity contribution in [2.45, 2.75) is 31.1 Å². The van der Waals surface area contributed by atoms with Gasteiger partial charge in [0.05, 0.1) is 11.8 Å². The molecule has 0 bridgehead atoms. The Balaban J connectivity index is 1.60. The van der Waals surface area contributed by atoms with Crippen molar-refractivity contribution in [2.75, 3.05) is 11.9 Å². The van der Waals surface area contributed by atoms with Gasteiger partial charge in [0.25, 0.3) is 0 Å². The maximum atomic E-state index is 11.7. The van der Waals surface area contributed by atoms with Gasteiger partial charge in [0.1, 0.15) is 0 Å². The van der Waals surface area contributed by atoms with Crippen LogP contribution in [-0.2, 0) is 11.2 Å². The molecule has 1 amide bonds. The molecule has 0 radical (unpaired) electrons. The maximum absolute atomic E-state index is 11.7. The van der Waals surface area contributed by atoms with Crippen LogP contribution in [0.5, 0.6) is 0 Å². The lowest BCUT2D eigenvalue weighted by Crippen LogP contribution is -2.20. The van der Waals surface area contributed by atoms with E-state index in [1.165, 1.54) is 24.8 Å². The number of halogens is 1. The van der Waals surface area contributed by atoms with Gasteiger partial charge in [-0.2, -0.15) is 0 Å². The van der Waals surface area contributed by atoms with Crippen molar-refractivity contribution in [3.05, 3.63) is 29.3 Å². The van der Waals surface area contributed by atoms with Gasteiger partial charge in [-0.1, -0.05) is 18.6 Å². The van der Waals surface area contributed by atoms with E-state index in [4.69, 9.17) is 11.6 Å². The third kappa shape index (κ3) is 1.66. The molecule has 1 aromatic rings. The van der Waals surface area contributed by atoms with E-state index >= 15 is 0 Å². The third-order valence-corrected chi connectivity index (χ3v) is 5.85. The number of fused-ring (bicyclic) bond motifs is 2. The number of nitrogens with zero attached hydrogens (tertiary/aromatic N) is 1. The van der Waals surface area contributed by atoms with Crippen molar-refractivity contribution in [3.8, 4) is 0 Å². The first-order chi connectivity index (χ1) is 9.16. The van der Waals surface area contributed by atoms with Crippen LogP contribution in [0.25, 0.3) is 0 Å². The highest BCUT2D eigenvalue weighted by Gasteiger charge is 2.55. The molecular formula is C16H18ClNO. The molecule has 100 valence electrons. The molecule has 0 saturated heterocycles. The van der Waals surface area contributed by atoms with Crippen molar-refractivity contribution < 1.29 is 4.79 Å². The molecule has 3 unspecified atom stereocenters. The van der Waals surface area contributed by atoms with Crippen LogP contribution in [0, 0.1) is 17.8 Å². The summed E-state index contributed by atoms with van der Waals surface area (Å²) in [6, 6.07) is 6.32. The SMILES string of the molecule is CN1C(=O)Cc2cc(C(Cl)C3C4CCCC43)ccc21. The second-order valence-electron chi connectivity index (χ2n) is 6.26. The number of alkyl halides is 1. The lowest BCUT2D eigenvalue weighted by atomic mass is 9.99. The largest absolute Gasteiger partial charge is 0.315 e. The summed E-state index contributed by atoms with van der Waals surface area (Å²) in [7, 11) is 1.84. The Bertz CT molecular complexity index is 546. The van der Waals surface area contributed by atoms with Crippen molar-refractivity contribution in [1.82, 2.24) is 0 Å². The van der Waals surface area contributed by atoms with Gasteiger partial charge in [0, 0.05) is 12.7 Å². The normalized spacial score (nSPS) is 33.3. The number of amides is 1. The molecule has 1 aliphatic heterocycles. The van der Waals surface area contributed by atoms with Gasteiger partial charge in [-0.25, -0.2) is 0 Å². The van der Waals surface area contributed by atoms with Gasteiger partial charge in [-0.05, 0) is 47.8 Å². The van der Waals surface area contributed by atoms with E-state index in [1.54, 1.807) is 4.90 Å². The summed E-state index contributed by atoms with van der Waals surface area (Å²) in [4.78, 5) is 13.5. The molecule has 4 rings (SSSR count). The van der Waals surface area contributed by atoms with E-state index in [1.807, 2.05) is 7.05 Å². The number of hydrogen-bond acceptors (Lipinski definition) is 1. The lowest BCUT2D eigenvalue weighted by Gasteiger charge is -2.14. The highest BCUT2D eigenvalue weighted by atomic mass is 35.5. The van der Waals surface area contributed by atoms with Gasteiger partial charge in [0.15, 0.2) is 0 Å². The Kier molecular flexibility index (Phi) is 2.47. The van der Waals surface area contributed by atoms with Gasteiger partial charge >= 0.3 is 0 Å². The van der Waals surface area contributed by atoms with Gasteiger partial charge in [-0.3, -0.25) is 4.79 Å². The van der Waals surface area contributed by atoms with Crippen LogP contribution in [0.4, 0.5) is 5.69 Å². The van der Waals surface area contributed by atoms with Crippen molar-refractivity contribution in [3.63, 3.8) is 0 Å². The van der Waals surface area contributed by atoms with E-state index in [-0.39, 0.29) is 11.3 Å². The van der Waals surface area contributed by atoms with Gasteiger partial charge in [-0.15, -0.1) is 11.6 Å². The number of rotatable bonds is 2. The molecule has 2 saturated carbocycles. The molecule has 19 heavy (non-hydrogen) atoms. The van der Waals surface area contributed by atoms with Gasteiger partial charge in [0.2, 0.25) is 5.91 Å². The Morgan fingerprint density at radius 1 is 1.32 bits per heavy atom. The number of hydrogen-bond donors (Lipinski definition) is 0. The van der Waals surface area contributed by atoms with E-state index in [0.717, 1.165) is 23.1 Å². The Labute approximate surface area is 118 Å². The zero-order valence-corrected chi connectivity index (χ0v) is 11.9. The second-order valence-corrected chi connectivity index (χ2v) is 6.73. The summed E-state index contributed by atoms with van der Waals surface area (Å²) in [5.41, 5.74) is 3.40. The predicted molar refractivity (Wildman–Crippen MR) is 76.5 cm³/mol.